The van der Waals surface area contributed by atoms with Crippen molar-refractivity contribution in [2.75, 3.05) is 20.3 Å². The number of thiophene rings is 1. The molecule has 140 valence electrons. The molecule has 1 aromatic carbocycles. The summed E-state index contributed by atoms with van der Waals surface area (Å²) in [5.74, 6) is 0.978. The third-order valence-electron chi connectivity index (χ3n) is 3.71. The normalized spacial score (nSPS) is 11.7. The molecule has 0 bridgehead atoms. The van der Waals surface area contributed by atoms with E-state index in [0.29, 0.717) is 23.8 Å². The second kappa shape index (κ2) is 9.82. The van der Waals surface area contributed by atoms with Crippen molar-refractivity contribution in [2.45, 2.75) is 19.9 Å². The van der Waals surface area contributed by atoms with Gasteiger partial charge in [-0.05, 0) is 41.6 Å². The molecule has 0 spiro atoms. The number of carbonyl (C=O) groups excluding carboxylic acids is 2. The fourth-order valence-electron chi connectivity index (χ4n) is 2.28. The van der Waals surface area contributed by atoms with E-state index in [1.54, 1.807) is 31.4 Å². The van der Waals surface area contributed by atoms with Crippen LogP contribution >= 0.6 is 11.3 Å². The van der Waals surface area contributed by atoms with Gasteiger partial charge in [0.2, 0.25) is 5.91 Å². The lowest BCUT2D eigenvalue weighted by molar-refractivity contribution is -0.124. The van der Waals surface area contributed by atoms with Crippen LogP contribution in [0.15, 0.2) is 41.8 Å². The Morgan fingerprint density at radius 1 is 1.12 bits per heavy atom. The molecule has 0 aliphatic rings. The van der Waals surface area contributed by atoms with Crippen LogP contribution in [0.4, 0.5) is 0 Å². The van der Waals surface area contributed by atoms with Crippen LogP contribution in [0.25, 0.3) is 0 Å². The fraction of sp³-hybridized carbons (Fsp3) is 0.368. The van der Waals surface area contributed by atoms with Crippen molar-refractivity contribution in [3.8, 4) is 11.5 Å². The summed E-state index contributed by atoms with van der Waals surface area (Å²) >= 11 is 1.35. The molecule has 1 unspecified atom stereocenters. The summed E-state index contributed by atoms with van der Waals surface area (Å²) in [6.07, 6.45) is 0. The molecular formula is C19H24N2O4S. The summed E-state index contributed by atoms with van der Waals surface area (Å²) in [6, 6.07) is 10.2. The highest BCUT2D eigenvalue weighted by atomic mass is 32.1. The topological polar surface area (TPSA) is 76.7 Å². The van der Waals surface area contributed by atoms with Crippen LogP contribution in [0.3, 0.4) is 0 Å². The zero-order valence-electron chi connectivity index (χ0n) is 15.2. The zero-order valence-corrected chi connectivity index (χ0v) is 16.0. The van der Waals surface area contributed by atoms with Crippen molar-refractivity contribution in [3.63, 3.8) is 0 Å². The molecule has 0 radical (unpaired) electrons. The van der Waals surface area contributed by atoms with E-state index in [-0.39, 0.29) is 17.7 Å². The van der Waals surface area contributed by atoms with Gasteiger partial charge in [0, 0.05) is 0 Å². The molecule has 1 heterocycles. The first kappa shape index (κ1) is 19.8. The Labute approximate surface area is 157 Å². The first-order valence-electron chi connectivity index (χ1n) is 8.40. The van der Waals surface area contributed by atoms with E-state index in [2.05, 4.69) is 10.6 Å². The smallest absolute Gasteiger partial charge is 0.262 e. The zero-order chi connectivity index (χ0) is 18.9. The first-order chi connectivity index (χ1) is 12.5. The lowest BCUT2D eigenvalue weighted by Gasteiger charge is -2.21. The Morgan fingerprint density at radius 2 is 1.81 bits per heavy atom. The molecule has 0 aliphatic carbocycles. The van der Waals surface area contributed by atoms with E-state index in [9.17, 15) is 9.59 Å². The van der Waals surface area contributed by atoms with Crippen molar-refractivity contribution in [1.82, 2.24) is 10.6 Å². The SMILES string of the molecule is COc1ccc(OCCNC(=O)C(NC(=O)c2cccs2)C(C)C)cc1. The molecule has 2 N–H and O–H groups in total. The molecule has 1 aromatic heterocycles. The molecule has 2 rings (SSSR count). The van der Waals surface area contributed by atoms with Crippen molar-refractivity contribution >= 4 is 23.2 Å². The maximum absolute atomic E-state index is 12.4. The lowest BCUT2D eigenvalue weighted by atomic mass is 10.0. The van der Waals surface area contributed by atoms with Gasteiger partial charge in [-0.15, -0.1) is 11.3 Å². The average molecular weight is 376 g/mol. The van der Waals surface area contributed by atoms with Gasteiger partial charge in [0.15, 0.2) is 0 Å². The van der Waals surface area contributed by atoms with Crippen molar-refractivity contribution in [1.29, 1.82) is 0 Å². The molecule has 26 heavy (non-hydrogen) atoms. The second-order valence-corrected chi connectivity index (χ2v) is 6.94. The maximum Gasteiger partial charge on any atom is 0.262 e. The molecule has 0 fully saturated rings. The van der Waals surface area contributed by atoms with Crippen molar-refractivity contribution < 1.29 is 19.1 Å². The minimum atomic E-state index is -0.592. The van der Waals surface area contributed by atoms with Gasteiger partial charge in [0.05, 0.1) is 18.5 Å². The molecule has 2 amide bonds. The van der Waals surface area contributed by atoms with Gasteiger partial charge < -0.3 is 20.1 Å². The van der Waals surface area contributed by atoms with E-state index in [1.807, 2.05) is 31.4 Å². The van der Waals surface area contributed by atoms with Crippen LogP contribution in [0.1, 0.15) is 23.5 Å². The largest absolute Gasteiger partial charge is 0.497 e. The number of hydrogen-bond acceptors (Lipinski definition) is 5. The van der Waals surface area contributed by atoms with E-state index >= 15 is 0 Å². The van der Waals surface area contributed by atoms with Gasteiger partial charge in [0.25, 0.3) is 5.91 Å². The highest BCUT2D eigenvalue weighted by Gasteiger charge is 2.24. The Hall–Kier alpha value is -2.54. The van der Waals surface area contributed by atoms with Crippen molar-refractivity contribution in [3.05, 3.63) is 46.7 Å². The summed E-state index contributed by atoms with van der Waals surface area (Å²) in [7, 11) is 1.60. The van der Waals surface area contributed by atoms with Gasteiger partial charge in [0.1, 0.15) is 24.1 Å². The maximum atomic E-state index is 12.4. The molecule has 0 aliphatic heterocycles. The lowest BCUT2D eigenvalue weighted by Crippen LogP contribution is -2.50. The number of nitrogens with one attached hydrogen (secondary N) is 2. The van der Waals surface area contributed by atoms with Crippen LogP contribution in [0.5, 0.6) is 11.5 Å². The molecule has 7 heteroatoms. The predicted octanol–water partition coefficient (Wildman–Crippen LogP) is 2.71. The number of rotatable bonds is 9. The van der Waals surface area contributed by atoms with Crippen LogP contribution in [-0.4, -0.2) is 38.1 Å². The molecule has 0 saturated carbocycles. The molecule has 2 aromatic rings. The van der Waals surface area contributed by atoms with E-state index < -0.39 is 6.04 Å². The highest BCUT2D eigenvalue weighted by molar-refractivity contribution is 7.12. The van der Waals surface area contributed by atoms with Gasteiger partial charge in [-0.1, -0.05) is 19.9 Å². The average Bonchev–Trinajstić information content (AvgIpc) is 3.18. The summed E-state index contributed by atoms with van der Waals surface area (Å²) in [4.78, 5) is 25.2. The van der Waals surface area contributed by atoms with Gasteiger partial charge in [-0.25, -0.2) is 0 Å². The highest BCUT2D eigenvalue weighted by Crippen LogP contribution is 2.16. The van der Waals surface area contributed by atoms with Crippen LogP contribution in [0.2, 0.25) is 0 Å². The Kier molecular flexibility index (Phi) is 7.47. The minimum absolute atomic E-state index is 0.0265. The van der Waals surface area contributed by atoms with E-state index in [1.165, 1.54) is 11.3 Å². The standard InChI is InChI=1S/C19H24N2O4S/c1-13(2)17(21-18(22)16-5-4-12-26-16)19(23)20-10-11-25-15-8-6-14(24-3)7-9-15/h4-9,12-13,17H,10-11H2,1-3H3,(H,20,23)(H,21,22). The number of amides is 2. The second-order valence-electron chi connectivity index (χ2n) is 5.99. The van der Waals surface area contributed by atoms with Crippen LogP contribution in [-0.2, 0) is 4.79 Å². The van der Waals surface area contributed by atoms with Crippen LogP contribution < -0.4 is 20.1 Å². The Morgan fingerprint density at radius 3 is 2.38 bits per heavy atom. The third-order valence-corrected chi connectivity index (χ3v) is 4.58. The van der Waals surface area contributed by atoms with Crippen LogP contribution in [0, 0.1) is 5.92 Å². The fourth-order valence-corrected chi connectivity index (χ4v) is 2.91. The van der Waals surface area contributed by atoms with E-state index in [4.69, 9.17) is 9.47 Å². The molecule has 6 nitrogen and oxygen atoms in total. The number of hydrogen-bond donors (Lipinski definition) is 2. The predicted molar refractivity (Wildman–Crippen MR) is 102 cm³/mol. The first-order valence-corrected chi connectivity index (χ1v) is 9.28. The molecule has 1 atom stereocenters. The number of benzene rings is 1. The summed E-state index contributed by atoms with van der Waals surface area (Å²) in [5.41, 5.74) is 0. The quantitative estimate of drug-likeness (QED) is 0.660. The van der Waals surface area contributed by atoms with Gasteiger partial charge >= 0.3 is 0 Å². The Bertz CT molecular complexity index is 699. The van der Waals surface area contributed by atoms with Gasteiger partial charge in [-0.2, -0.15) is 0 Å². The monoisotopic (exact) mass is 376 g/mol. The minimum Gasteiger partial charge on any atom is -0.497 e. The summed E-state index contributed by atoms with van der Waals surface area (Å²) in [5, 5.41) is 7.43. The van der Waals surface area contributed by atoms with Crippen molar-refractivity contribution in [2.24, 2.45) is 5.92 Å². The van der Waals surface area contributed by atoms with Gasteiger partial charge in [-0.3, -0.25) is 9.59 Å². The summed E-state index contributed by atoms with van der Waals surface area (Å²) < 4.78 is 10.7. The third kappa shape index (κ3) is 5.77. The summed E-state index contributed by atoms with van der Waals surface area (Å²) in [6.45, 7) is 4.48. The molecular weight excluding hydrogens is 352 g/mol. The molecule has 0 saturated heterocycles. The Balaban J connectivity index is 1.78. The van der Waals surface area contributed by atoms with E-state index in [0.717, 1.165) is 5.75 Å². The number of methoxy groups -OCH3 is 1. The number of ether oxygens (including phenoxy) is 2. The number of carbonyl (C=O) groups is 2.